The van der Waals surface area contributed by atoms with E-state index in [1.54, 1.807) is 12.1 Å². The quantitative estimate of drug-likeness (QED) is 0.442. The van der Waals surface area contributed by atoms with Crippen molar-refractivity contribution < 1.29 is 17.5 Å². The zero-order valence-corrected chi connectivity index (χ0v) is 18.4. The zero-order chi connectivity index (χ0) is 22.3. The average Bonchev–Trinajstić information content (AvgIpc) is 3.28. The Balaban J connectivity index is 1.66. The predicted octanol–water partition coefficient (Wildman–Crippen LogP) is 2.79. The summed E-state index contributed by atoms with van der Waals surface area (Å²) >= 11 is 0. The fourth-order valence-corrected chi connectivity index (χ4v) is 4.23. The van der Waals surface area contributed by atoms with Gasteiger partial charge in [0, 0.05) is 25.2 Å². The summed E-state index contributed by atoms with van der Waals surface area (Å²) < 4.78 is 46.4. The molecule has 1 unspecified atom stereocenters. The number of imidazole rings is 1. The zero-order valence-electron chi connectivity index (χ0n) is 17.6. The van der Waals surface area contributed by atoms with E-state index in [1.165, 1.54) is 24.2 Å². The van der Waals surface area contributed by atoms with Crippen molar-refractivity contribution in [3.63, 3.8) is 0 Å². The van der Waals surface area contributed by atoms with Crippen molar-refractivity contribution >= 4 is 10.0 Å². The second-order valence-corrected chi connectivity index (χ2v) is 9.21. The highest BCUT2D eigenvalue weighted by Gasteiger charge is 2.18. The van der Waals surface area contributed by atoms with Gasteiger partial charge in [-0.25, -0.2) is 22.5 Å². The lowest BCUT2D eigenvalue weighted by Gasteiger charge is -2.22. The van der Waals surface area contributed by atoms with Crippen LogP contribution in [0.4, 0.5) is 4.39 Å². The van der Waals surface area contributed by atoms with Gasteiger partial charge in [-0.1, -0.05) is 36.4 Å². The molecule has 0 aliphatic rings. The molecule has 166 valence electrons. The molecule has 0 spiro atoms. The topological polar surface area (TPSA) is 87.3 Å². The first-order chi connectivity index (χ1) is 14.8. The predicted molar refractivity (Wildman–Crippen MR) is 117 cm³/mol. The molecule has 0 bridgehead atoms. The molecule has 0 aliphatic heterocycles. The highest BCUT2D eigenvalue weighted by molar-refractivity contribution is 7.89. The molecule has 0 radical (unpaired) electrons. The molecule has 31 heavy (non-hydrogen) atoms. The van der Waals surface area contributed by atoms with Gasteiger partial charge in [-0.2, -0.15) is 0 Å². The molecule has 2 aromatic carbocycles. The molecule has 0 fully saturated rings. The van der Waals surface area contributed by atoms with Crippen LogP contribution in [-0.4, -0.2) is 57.1 Å². The van der Waals surface area contributed by atoms with Gasteiger partial charge in [0.2, 0.25) is 0 Å². The Labute approximate surface area is 182 Å². The number of hydrogen-bond donors (Lipinski definition) is 2. The molecule has 1 aromatic heterocycles. The van der Waals surface area contributed by atoms with Gasteiger partial charge in [-0.15, -0.1) is 0 Å². The smallest absolute Gasteiger partial charge is 0.259 e. The number of halogens is 1. The van der Waals surface area contributed by atoms with Crippen molar-refractivity contribution in [1.29, 1.82) is 0 Å². The lowest BCUT2D eigenvalue weighted by Crippen LogP contribution is -2.28. The van der Waals surface area contributed by atoms with Gasteiger partial charge in [0.25, 0.3) is 10.0 Å². The highest BCUT2D eigenvalue weighted by atomic mass is 32.2. The number of aromatic amines is 1. The summed E-state index contributed by atoms with van der Waals surface area (Å²) in [6, 6.07) is 15.0. The summed E-state index contributed by atoms with van der Waals surface area (Å²) in [6.45, 7) is 0.772. The highest BCUT2D eigenvalue weighted by Crippen LogP contribution is 2.27. The van der Waals surface area contributed by atoms with Crippen LogP contribution >= 0.6 is 0 Å². The number of sulfonamides is 1. The molecule has 0 amide bonds. The van der Waals surface area contributed by atoms with Gasteiger partial charge in [-0.05, 0) is 43.8 Å². The van der Waals surface area contributed by atoms with E-state index in [0.717, 1.165) is 18.5 Å². The van der Waals surface area contributed by atoms with Crippen LogP contribution in [0.3, 0.4) is 0 Å². The van der Waals surface area contributed by atoms with Crippen LogP contribution in [0.2, 0.25) is 0 Å². The van der Waals surface area contributed by atoms with Crippen molar-refractivity contribution in [2.45, 2.75) is 17.4 Å². The van der Waals surface area contributed by atoms with Crippen molar-refractivity contribution in [3.8, 4) is 5.75 Å². The Bertz CT molecular complexity index is 1060. The molecule has 3 rings (SSSR count). The monoisotopic (exact) mass is 446 g/mol. The van der Waals surface area contributed by atoms with Crippen LogP contribution in [0.5, 0.6) is 5.75 Å². The third-order valence-corrected chi connectivity index (χ3v) is 6.10. The van der Waals surface area contributed by atoms with Crippen LogP contribution in [0, 0.1) is 5.82 Å². The maximum Gasteiger partial charge on any atom is 0.259 e. The minimum Gasteiger partial charge on any atom is -0.489 e. The Morgan fingerprint density at radius 1 is 1.19 bits per heavy atom. The standard InChI is InChI=1S/C22H27FN4O3S/c1-27(2)15-19(12-17-6-4-3-5-7-17)18-8-9-20(23)21(13-18)30-11-10-26-31(28,29)22-14-24-16-25-22/h3-9,13-14,16,19,26H,10-12,15H2,1-2H3,(H,24,25). The Kier molecular flexibility index (Phi) is 7.78. The van der Waals surface area contributed by atoms with Gasteiger partial charge >= 0.3 is 0 Å². The SMILES string of the molecule is CN(C)CC(Cc1ccccc1)c1ccc(F)c(OCCNS(=O)(=O)c2c[nH]cn2)c1. The van der Waals surface area contributed by atoms with E-state index in [2.05, 4.69) is 31.7 Å². The molecule has 3 aromatic rings. The van der Waals surface area contributed by atoms with Gasteiger partial charge in [0.05, 0.1) is 6.33 Å². The number of aromatic nitrogens is 2. The molecule has 7 nitrogen and oxygen atoms in total. The first-order valence-corrected chi connectivity index (χ1v) is 11.4. The lowest BCUT2D eigenvalue weighted by atomic mass is 9.91. The Hall–Kier alpha value is -2.75. The number of ether oxygens (including phenoxy) is 1. The second kappa shape index (κ2) is 10.5. The number of likely N-dealkylation sites (N-methyl/N-ethyl adjacent to an activating group) is 1. The van der Waals surface area contributed by atoms with Crippen molar-refractivity contribution in [2.24, 2.45) is 0 Å². The number of benzene rings is 2. The summed E-state index contributed by atoms with van der Waals surface area (Å²) in [4.78, 5) is 8.41. The van der Waals surface area contributed by atoms with E-state index >= 15 is 0 Å². The fraction of sp³-hybridized carbons (Fsp3) is 0.318. The van der Waals surface area contributed by atoms with Gasteiger partial charge in [0.1, 0.15) is 6.61 Å². The Morgan fingerprint density at radius 2 is 1.97 bits per heavy atom. The molecular weight excluding hydrogens is 419 g/mol. The van der Waals surface area contributed by atoms with E-state index in [-0.39, 0.29) is 29.8 Å². The van der Waals surface area contributed by atoms with E-state index < -0.39 is 15.8 Å². The van der Waals surface area contributed by atoms with Crippen molar-refractivity contribution in [1.82, 2.24) is 19.6 Å². The Morgan fingerprint density at radius 3 is 2.65 bits per heavy atom. The third-order valence-electron chi connectivity index (χ3n) is 4.74. The minimum atomic E-state index is -3.72. The first kappa shape index (κ1) is 22.9. The number of H-pyrrole nitrogens is 1. The van der Waals surface area contributed by atoms with E-state index in [4.69, 9.17) is 4.74 Å². The van der Waals surface area contributed by atoms with E-state index in [9.17, 15) is 12.8 Å². The van der Waals surface area contributed by atoms with E-state index in [1.807, 2.05) is 32.3 Å². The van der Waals surface area contributed by atoms with Crippen LogP contribution in [0.15, 0.2) is 66.1 Å². The summed E-state index contributed by atoms with van der Waals surface area (Å²) in [5.41, 5.74) is 2.17. The maximum absolute atomic E-state index is 14.3. The summed E-state index contributed by atoms with van der Waals surface area (Å²) in [7, 11) is 0.286. The van der Waals surface area contributed by atoms with Crippen LogP contribution < -0.4 is 9.46 Å². The molecule has 0 saturated heterocycles. The van der Waals surface area contributed by atoms with Crippen molar-refractivity contribution in [3.05, 3.63) is 78.0 Å². The molecule has 1 heterocycles. The third kappa shape index (κ3) is 6.61. The van der Waals surface area contributed by atoms with Crippen molar-refractivity contribution in [2.75, 3.05) is 33.8 Å². The number of nitrogens with one attached hydrogen (secondary N) is 2. The molecule has 0 saturated carbocycles. The molecular formula is C22H27FN4O3S. The summed E-state index contributed by atoms with van der Waals surface area (Å²) in [6.07, 6.45) is 3.38. The molecule has 1 atom stereocenters. The van der Waals surface area contributed by atoms with Crippen LogP contribution in [0.25, 0.3) is 0 Å². The lowest BCUT2D eigenvalue weighted by molar-refractivity contribution is 0.305. The fourth-order valence-electron chi connectivity index (χ4n) is 3.32. The van der Waals surface area contributed by atoms with E-state index in [0.29, 0.717) is 0 Å². The number of hydrogen-bond acceptors (Lipinski definition) is 5. The van der Waals surface area contributed by atoms with Gasteiger partial charge in [-0.3, -0.25) is 0 Å². The number of rotatable bonds is 11. The van der Waals surface area contributed by atoms with Crippen LogP contribution in [0.1, 0.15) is 17.0 Å². The maximum atomic E-state index is 14.3. The summed E-state index contributed by atoms with van der Waals surface area (Å²) in [5, 5.41) is -0.104. The largest absolute Gasteiger partial charge is 0.489 e. The summed E-state index contributed by atoms with van der Waals surface area (Å²) in [5.74, 6) is -0.228. The average molecular weight is 447 g/mol. The molecule has 9 heteroatoms. The molecule has 0 aliphatic carbocycles. The first-order valence-electron chi connectivity index (χ1n) is 9.94. The van der Waals surface area contributed by atoms with Gasteiger partial charge < -0.3 is 14.6 Å². The molecule has 2 N–H and O–H groups in total. The van der Waals surface area contributed by atoms with Crippen LogP contribution in [-0.2, 0) is 16.4 Å². The second-order valence-electron chi connectivity index (χ2n) is 7.49. The minimum absolute atomic E-state index is 0.00992. The van der Waals surface area contributed by atoms with Gasteiger partial charge in [0.15, 0.2) is 16.6 Å². The number of nitrogens with zero attached hydrogens (tertiary/aromatic N) is 2. The normalized spacial score (nSPS) is 12.8.